The van der Waals surface area contributed by atoms with Gasteiger partial charge in [-0.05, 0) is 23.8 Å². The van der Waals surface area contributed by atoms with Crippen LogP contribution in [0.2, 0.25) is 0 Å². The first-order valence-corrected chi connectivity index (χ1v) is 7.57. The third kappa shape index (κ3) is 5.70. The second-order valence-electron chi connectivity index (χ2n) is 4.63. The van der Waals surface area contributed by atoms with Gasteiger partial charge in [0.15, 0.2) is 0 Å². The van der Waals surface area contributed by atoms with Crippen molar-refractivity contribution in [1.82, 2.24) is 4.98 Å². The number of alkyl halides is 3. The van der Waals surface area contributed by atoms with E-state index in [2.05, 4.69) is 20.2 Å². The van der Waals surface area contributed by atoms with Crippen molar-refractivity contribution in [2.24, 2.45) is 5.10 Å². The maximum absolute atomic E-state index is 12.2. The lowest BCUT2D eigenvalue weighted by atomic mass is 10.1. The lowest BCUT2D eigenvalue weighted by Crippen LogP contribution is -2.16. The smallest absolute Gasteiger partial charge is 0.411 e. The Morgan fingerprint density at radius 3 is 2.83 bits per heavy atom. The zero-order valence-electron chi connectivity index (χ0n) is 12.6. The molecule has 0 amide bonds. The molecule has 0 aliphatic heterocycles. The van der Waals surface area contributed by atoms with E-state index in [-0.39, 0.29) is 6.61 Å². The Labute approximate surface area is 140 Å². The van der Waals surface area contributed by atoms with Crippen molar-refractivity contribution in [1.29, 1.82) is 0 Å². The topological polar surface area (TPSA) is 81.8 Å². The quantitative estimate of drug-likeness (QED) is 0.585. The van der Waals surface area contributed by atoms with Crippen molar-refractivity contribution in [3.8, 4) is 5.75 Å². The molecule has 0 aliphatic rings. The van der Waals surface area contributed by atoms with E-state index in [1.807, 2.05) is 0 Å². The molecule has 1 aromatic heterocycles. The van der Waals surface area contributed by atoms with Crippen molar-refractivity contribution in [2.45, 2.75) is 12.8 Å². The third-order valence-corrected chi connectivity index (χ3v) is 3.49. The molecule has 0 saturated carbocycles. The predicted molar refractivity (Wildman–Crippen MR) is 86.4 cm³/mol. The minimum Gasteiger partial charge on any atom is -0.496 e. The number of rotatable bonds is 7. The number of nitrogens with one attached hydrogen (secondary N) is 1. The van der Waals surface area contributed by atoms with Crippen molar-refractivity contribution in [3.05, 3.63) is 34.7 Å². The molecule has 10 heteroatoms. The SMILES string of the molecule is COc1ccc(C=NNc2nc(N)cs2)cc1COCC(F)(F)F. The van der Waals surface area contributed by atoms with Crippen LogP contribution in [-0.4, -0.2) is 31.1 Å². The molecule has 0 radical (unpaired) electrons. The van der Waals surface area contributed by atoms with E-state index >= 15 is 0 Å². The van der Waals surface area contributed by atoms with Crippen LogP contribution in [0.3, 0.4) is 0 Å². The monoisotopic (exact) mass is 360 g/mol. The fraction of sp³-hybridized carbons (Fsp3) is 0.286. The highest BCUT2D eigenvalue weighted by Gasteiger charge is 2.27. The van der Waals surface area contributed by atoms with Gasteiger partial charge >= 0.3 is 6.18 Å². The number of thiazole rings is 1. The molecule has 1 heterocycles. The van der Waals surface area contributed by atoms with Gasteiger partial charge in [-0.15, -0.1) is 11.3 Å². The number of ether oxygens (including phenoxy) is 2. The van der Waals surface area contributed by atoms with Gasteiger partial charge in [0.05, 0.1) is 19.9 Å². The van der Waals surface area contributed by atoms with Gasteiger partial charge in [-0.3, -0.25) is 5.43 Å². The molecule has 24 heavy (non-hydrogen) atoms. The molecule has 0 aliphatic carbocycles. The average molecular weight is 360 g/mol. The van der Waals surface area contributed by atoms with E-state index in [1.165, 1.54) is 24.7 Å². The Balaban J connectivity index is 2.01. The highest BCUT2D eigenvalue weighted by Crippen LogP contribution is 2.22. The summed E-state index contributed by atoms with van der Waals surface area (Å²) in [5.74, 6) is 0.834. The Hall–Kier alpha value is -2.33. The Kier molecular flexibility index (Phi) is 5.99. The molecule has 130 valence electrons. The van der Waals surface area contributed by atoms with Crippen LogP contribution in [0, 0.1) is 0 Å². The summed E-state index contributed by atoms with van der Waals surface area (Å²) in [4.78, 5) is 3.98. The molecular weight excluding hydrogens is 345 g/mol. The first-order chi connectivity index (χ1) is 11.4. The number of nitrogens with zero attached hydrogens (tertiary/aromatic N) is 2. The van der Waals surface area contributed by atoms with E-state index in [9.17, 15) is 13.2 Å². The summed E-state index contributed by atoms with van der Waals surface area (Å²) in [6.45, 7) is -1.54. The third-order valence-electron chi connectivity index (χ3n) is 2.72. The fourth-order valence-corrected chi connectivity index (χ4v) is 2.32. The summed E-state index contributed by atoms with van der Waals surface area (Å²) in [5.41, 5.74) is 9.36. The van der Waals surface area contributed by atoms with Crippen LogP contribution in [0.5, 0.6) is 5.75 Å². The Morgan fingerprint density at radius 1 is 1.42 bits per heavy atom. The highest BCUT2D eigenvalue weighted by molar-refractivity contribution is 7.14. The first kappa shape index (κ1) is 18.0. The number of anilines is 2. The molecule has 0 atom stereocenters. The van der Waals surface area contributed by atoms with Gasteiger partial charge in [0.25, 0.3) is 0 Å². The molecular formula is C14H15F3N4O2S. The van der Waals surface area contributed by atoms with Crippen molar-refractivity contribution < 1.29 is 22.6 Å². The second-order valence-corrected chi connectivity index (χ2v) is 5.48. The van der Waals surface area contributed by atoms with E-state index < -0.39 is 12.8 Å². The largest absolute Gasteiger partial charge is 0.496 e. The van der Waals surface area contributed by atoms with Gasteiger partial charge in [0.2, 0.25) is 5.13 Å². The van der Waals surface area contributed by atoms with Crippen LogP contribution in [0.4, 0.5) is 24.1 Å². The molecule has 0 saturated heterocycles. The van der Waals surface area contributed by atoms with Crippen LogP contribution >= 0.6 is 11.3 Å². The predicted octanol–water partition coefficient (Wildman–Crippen LogP) is 3.26. The molecule has 2 aromatic rings. The van der Waals surface area contributed by atoms with Crippen molar-refractivity contribution in [3.63, 3.8) is 0 Å². The van der Waals surface area contributed by atoms with Gasteiger partial charge < -0.3 is 15.2 Å². The lowest BCUT2D eigenvalue weighted by Gasteiger charge is -2.11. The molecule has 0 unspecified atom stereocenters. The number of nitrogens with two attached hydrogens (primary N) is 1. The summed E-state index contributed by atoms with van der Waals surface area (Å²) in [6, 6.07) is 4.99. The van der Waals surface area contributed by atoms with E-state index in [1.54, 1.807) is 23.6 Å². The Bertz CT molecular complexity index is 704. The number of hydrogen-bond donors (Lipinski definition) is 2. The molecule has 0 spiro atoms. The van der Waals surface area contributed by atoms with Crippen LogP contribution < -0.4 is 15.9 Å². The number of benzene rings is 1. The number of hydrazone groups is 1. The van der Waals surface area contributed by atoms with Crippen LogP contribution in [0.25, 0.3) is 0 Å². The molecule has 1 aromatic carbocycles. The normalized spacial score (nSPS) is 11.8. The van der Waals surface area contributed by atoms with Crippen LogP contribution in [0.1, 0.15) is 11.1 Å². The zero-order valence-corrected chi connectivity index (χ0v) is 13.4. The number of aromatic nitrogens is 1. The second kappa shape index (κ2) is 7.97. The fourth-order valence-electron chi connectivity index (χ4n) is 1.77. The molecule has 0 fully saturated rings. The Morgan fingerprint density at radius 2 is 2.21 bits per heavy atom. The number of hydrogen-bond acceptors (Lipinski definition) is 7. The van der Waals surface area contributed by atoms with Gasteiger partial charge in [-0.25, -0.2) is 4.98 Å². The van der Waals surface area contributed by atoms with Crippen molar-refractivity contribution >= 4 is 28.5 Å². The van der Waals surface area contributed by atoms with Gasteiger partial charge in [0, 0.05) is 10.9 Å². The average Bonchev–Trinajstić information content (AvgIpc) is 2.92. The number of methoxy groups -OCH3 is 1. The van der Waals surface area contributed by atoms with Gasteiger partial charge in [0.1, 0.15) is 18.2 Å². The van der Waals surface area contributed by atoms with Gasteiger partial charge in [-0.2, -0.15) is 18.3 Å². The molecule has 0 bridgehead atoms. The standard InChI is InChI=1S/C14H15F3N4O2S/c1-22-11-3-2-9(4-10(11)6-23-8-14(15,16)17)5-19-21-13-20-12(18)7-24-13/h2-5,7H,6,8,18H2,1H3,(H,20,21). The van der Waals surface area contributed by atoms with E-state index in [4.69, 9.17) is 10.5 Å². The number of nitrogen functional groups attached to an aromatic ring is 1. The maximum atomic E-state index is 12.2. The van der Waals surface area contributed by atoms with Crippen LogP contribution in [0.15, 0.2) is 28.7 Å². The minimum absolute atomic E-state index is 0.221. The molecule has 6 nitrogen and oxygen atoms in total. The summed E-state index contributed by atoms with van der Waals surface area (Å²) >= 11 is 1.30. The summed E-state index contributed by atoms with van der Waals surface area (Å²) in [7, 11) is 1.44. The highest BCUT2D eigenvalue weighted by atomic mass is 32.1. The summed E-state index contributed by atoms with van der Waals surface area (Å²) < 4.78 is 46.2. The van der Waals surface area contributed by atoms with Crippen molar-refractivity contribution in [2.75, 3.05) is 24.9 Å². The minimum atomic E-state index is -4.37. The summed E-state index contributed by atoms with van der Waals surface area (Å²) in [5, 5.41) is 6.20. The first-order valence-electron chi connectivity index (χ1n) is 6.69. The molecule has 3 N–H and O–H groups in total. The van der Waals surface area contributed by atoms with Gasteiger partial charge in [-0.1, -0.05) is 0 Å². The number of halogens is 3. The van der Waals surface area contributed by atoms with Crippen LogP contribution in [-0.2, 0) is 11.3 Å². The lowest BCUT2D eigenvalue weighted by molar-refractivity contribution is -0.176. The zero-order chi connectivity index (χ0) is 17.6. The molecule has 2 rings (SSSR count). The maximum Gasteiger partial charge on any atom is 0.411 e. The van der Waals surface area contributed by atoms with E-state index in [0.29, 0.717) is 27.8 Å². The summed E-state index contributed by atoms with van der Waals surface area (Å²) in [6.07, 6.45) is -2.87. The van der Waals surface area contributed by atoms with E-state index in [0.717, 1.165) is 0 Å².